The molecule has 0 aliphatic carbocycles. The van der Waals surface area contributed by atoms with Crippen LogP contribution < -0.4 is 0 Å². The summed E-state index contributed by atoms with van der Waals surface area (Å²) in [4.78, 5) is 2.51. The van der Waals surface area contributed by atoms with Crippen molar-refractivity contribution in [2.24, 2.45) is 0 Å². The first kappa shape index (κ1) is 8.45. The Morgan fingerprint density at radius 3 is 2.50 bits per heavy atom. The van der Waals surface area contributed by atoms with Gasteiger partial charge in [-0.15, -0.1) is 0 Å². The third kappa shape index (κ3) is 1.35. The van der Waals surface area contributed by atoms with Crippen molar-refractivity contribution in [3.8, 4) is 0 Å². The summed E-state index contributed by atoms with van der Waals surface area (Å²) in [5.41, 5.74) is 1.41. The SMILES string of the molecule is C[C@@H](c1ccccc1)N1CC2OC2C1. The predicted octanol–water partition coefficient (Wildman–Crippen LogP) is 1.83. The molecule has 74 valence electrons. The highest BCUT2D eigenvalue weighted by molar-refractivity contribution is 5.19. The van der Waals surface area contributed by atoms with E-state index in [4.69, 9.17) is 4.74 Å². The van der Waals surface area contributed by atoms with Crippen molar-refractivity contribution in [2.75, 3.05) is 13.1 Å². The summed E-state index contributed by atoms with van der Waals surface area (Å²) in [6.07, 6.45) is 1.09. The van der Waals surface area contributed by atoms with Gasteiger partial charge in [-0.2, -0.15) is 0 Å². The number of epoxide rings is 1. The lowest BCUT2D eigenvalue weighted by Gasteiger charge is -2.25. The van der Waals surface area contributed by atoms with E-state index in [0.29, 0.717) is 18.2 Å². The van der Waals surface area contributed by atoms with Gasteiger partial charge in [0.1, 0.15) is 0 Å². The third-order valence-corrected chi connectivity index (χ3v) is 3.35. The molecule has 0 radical (unpaired) electrons. The van der Waals surface area contributed by atoms with Gasteiger partial charge in [-0.1, -0.05) is 30.3 Å². The quantitative estimate of drug-likeness (QED) is 0.660. The first-order valence-corrected chi connectivity index (χ1v) is 5.29. The summed E-state index contributed by atoms with van der Waals surface area (Å²) in [7, 11) is 0. The van der Waals surface area contributed by atoms with Crippen LogP contribution in [0.5, 0.6) is 0 Å². The molecule has 0 saturated carbocycles. The van der Waals surface area contributed by atoms with Crippen LogP contribution >= 0.6 is 0 Å². The number of morpholine rings is 1. The van der Waals surface area contributed by atoms with Gasteiger partial charge >= 0.3 is 0 Å². The zero-order valence-corrected chi connectivity index (χ0v) is 8.39. The van der Waals surface area contributed by atoms with Crippen LogP contribution in [0.1, 0.15) is 18.5 Å². The van der Waals surface area contributed by atoms with Crippen LogP contribution in [0.4, 0.5) is 0 Å². The van der Waals surface area contributed by atoms with Crippen molar-refractivity contribution in [3.05, 3.63) is 35.9 Å². The number of fused-ring (bicyclic) bond motifs is 1. The summed E-state index contributed by atoms with van der Waals surface area (Å²) in [6.45, 7) is 4.50. The molecule has 0 N–H and O–H groups in total. The summed E-state index contributed by atoms with van der Waals surface area (Å²) in [5, 5.41) is 0. The average molecular weight is 189 g/mol. The topological polar surface area (TPSA) is 15.8 Å². The van der Waals surface area contributed by atoms with Crippen LogP contribution in [0.3, 0.4) is 0 Å². The van der Waals surface area contributed by atoms with Crippen LogP contribution in [0, 0.1) is 0 Å². The lowest BCUT2D eigenvalue weighted by atomic mass is 10.1. The molecular weight excluding hydrogens is 174 g/mol. The lowest BCUT2D eigenvalue weighted by molar-refractivity contribution is 0.165. The van der Waals surface area contributed by atoms with E-state index < -0.39 is 0 Å². The number of likely N-dealkylation sites (tertiary alicyclic amines) is 1. The highest BCUT2D eigenvalue weighted by Gasteiger charge is 2.48. The maximum atomic E-state index is 5.43. The molecule has 2 heterocycles. The van der Waals surface area contributed by atoms with E-state index in [-0.39, 0.29) is 0 Å². The zero-order chi connectivity index (χ0) is 9.54. The maximum absolute atomic E-state index is 5.43. The van der Waals surface area contributed by atoms with E-state index in [1.165, 1.54) is 5.56 Å². The van der Waals surface area contributed by atoms with Crippen LogP contribution in [0.15, 0.2) is 30.3 Å². The monoisotopic (exact) mass is 189 g/mol. The fraction of sp³-hybridized carbons (Fsp3) is 0.500. The Hall–Kier alpha value is -0.860. The molecular formula is C12H15NO. The summed E-state index contributed by atoms with van der Waals surface area (Å²) in [5.74, 6) is 0. The van der Waals surface area contributed by atoms with Gasteiger partial charge in [-0.25, -0.2) is 0 Å². The predicted molar refractivity (Wildman–Crippen MR) is 55.1 cm³/mol. The Morgan fingerprint density at radius 1 is 1.21 bits per heavy atom. The minimum atomic E-state index is 0.535. The molecule has 2 aliphatic heterocycles. The summed E-state index contributed by atoms with van der Waals surface area (Å²) < 4.78 is 5.43. The number of nitrogens with zero attached hydrogens (tertiary/aromatic N) is 1. The van der Waals surface area contributed by atoms with E-state index in [1.807, 2.05) is 0 Å². The highest BCUT2D eigenvalue weighted by atomic mass is 16.6. The minimum Gasteiger partial charge on any atom is -0.367 e. The third-order valence-electron chi connectivity index (χ3n) is 3.35. The van der Waals surface area contributed by atoms with Gasteiger partial charge in [-0.05, 0) is 12.5 Å². The van der Waals surface area contributed by atoms with E-state index in [9.17, 15) is 0 Å². The van der Waals surface area contributed by atoms with E-state index in [0.717, 1.165) is 13.1 Å². The molecule has 2 saturated heterocycles. The van der Waals surface area contributed by atoms with Gasteiger partial charge in [0.15, 0.2) is 0 Å². The molecule has 14 heavy (non-hydrogen) atoms. The van der Waals surface area contributed by atoms with Crippen molar-refractivity contribution < 1.29 is 4.74 Å². The Morgan fingerprint density at radius 2 is 1.86 bits per heavy atom. The molecule has 2 heteroatoms. The van der Waals surface area contributed by atoms with E-state index in [1.54, 1.807) is 0 Å². The van der Waals surface area contributed by atoms with Crippen molar-refractivity contribution >= 4 is 0 Å². The molecule has 1 aromatic rings. The Kier molecular flexibility index (Phi) is 1.85. The molecule has 2 fully saturated rings. The number of rotatable bonds is 2. The Labute approximate surface area is 84.5 Å². The first-order chi connectivity index (χ1) is 6.84. The van der Waals surface area contributed by atoms with Crippen LogP contribution in [-0.2, 0) is 4.74 Å². The van der Waals surface area contributed by atoms with E-state index >= 15 is 0 Å². The lowest BCUT2D eigenvalue weighted by Crippen LogP contribution is -2.27. The van der Waals surface area contributed by atoms with Crippen molar-refractivity contribution in [1.82, 2.24) is 4.90 Å². The number of ether oxygens (including phenoxy) is 1. The highest BCUT2D eigenvalue weighted by Crippen LogP contribution is 2.35. The molecule has 2 unspecified atom stereocenters. The van der Waals surface area contributed by atoms with Gasteiger partial charge in [0.05, 0.1) is 12.2 Å². The largest absolute Gasteiger partial charge is 0.367 e. The van der Waals surface area contributed by atoms with Gasteiger partial charge in [-0.3, -0.25) is 4.90 Å². The molecule has 0 spiro atoms. The summed E-state index contributed by atoms with van der Waals surface area (Å²) >= 11 is 0. The fourth-order valence-electron chi connectivity index (χ4n) is 2.30. The molecule has 0 amide bonds. The Balaban J connectivity index is 1.73. The number of hydrogen-bond acceptors (Lipinski definition) is 2. The maximum Gasteiger partial charge on any atom is 0.0981 e. The van der Waals surface area contributed by atoms with Crippen molar-refractivity contribution in [3.63, 3.8) is 0 Å². The molecule has 2 nitrogen and oxygen atoms in total. The van der Waals surface area contributed by atoms with E-state index in [2.05, 4.69) is 42.2 Å². The second kappa shape index (κ2) is 3.07. The Bertz CT molecular complexity index is 314. The normalized spacial score (nSPS) is 32.6. The second-order valence-electron chi connectivity index (χ2n) is 4.25. The van der Waals surface area contributed by atoms with Crippen LogP contribution in [-0.4, -0.2) is 30.2 Å². The second-order valence-corrected chi connectivity index (χ2v) is 4.25. The average Bonchev–Trinajstić information content (AvgIpc) is 2.86. The van der Waals surface area contributed by atoms with Crippen LogP contribution in [0.2, 0.25) is 0 Å². The van der Waals surface area contributed by atoms with Gasteiger partial charge in [0, 0.05) is 19.1 Å². The fourth-order valence-corrected chi connectivity index (χ4v) is 2.30. The standard InChI is InChI=1S/C12H15NO/c1-9(10-5-3-2-4-6-10)13-7-11-12(8-13)14-11/h2-6,9,11-12H,7-8H2,1H3/t9-,11?,12?/m0/s1. The van der Waals surface area contributed by atoms with Gasteiger partial charge in [0.25, 0.3) is 0 Å². The minimum absolute atomic E-state index is 0.535. The molecule has 0 aromatic heterocycles. The van der Waals surface area contributed by atoms with Crippen molar-refractivity contribution in [2.45, 2.75) is 25.2 Å². The molecule has 0 bridgehead atoms. The molecule has 2 aliphatic rings. The van der Waals surface area contributed by atoms with Gasteiger partial charge in [0.2, 0.25) is 0 Å². The van der Waals surface area contributed by atoms with Crippen LogP contribution in [0.25, 0.3) is 0 Å². The number of benzene rings is 1. The zero-order valence-electron chi connectivity index (χ0n) is 8.39. The summed E-state index contributed by atoms with van der Waals surface area (Å²) in [6, 6.07) is 11.2. The molecule has 3 rings (SSSR count). The van der Waals surface area contributed by atoms with Crippen molar-refractivity contribution in [1.29, 1.82) is 0 Å². The number of hydrogen-bond donors (Lipinski definition) is 0. The molecule has 1 aromatic carbocycles. The van der Waals surface area contributed by atoms with Gasteiger partial charge < -0.3 is 4.74 Å². The first-order valence-electron chi connectivity index (χ1n) is 5.29. The molecule has 3 atom stereocenters. The smallest absolute Gasteiger partial charge is 0.0981 e.